The van der Waals surface area contributed by atoms with Crippen molar-refractivity contribution >= 4 is 22.7 Å². The predicted molar refractivity (Wildman–Crippen MR) is 63.4 cm³/mol. The average Bonchev–Trinajstić information content (AvgIpc) is 2.70. The Morgan fingerprint density at radius 3 is 3.12 bits per heavy atom. The Morgan fingerprint density at radius 1 is 1.65 bits per heavy atom. The van der Waals surface area contributed by atoms with Crippen LogP contribution in [0.5, 0.6) is 0 Å². The first-order chi connectivity index (χ1) is 8.11. The minimum atomic E-state index is -0.505. The molecule has 6 nitrogen and oxygen atoms in total. The highest BCUT2D eigenvalue weighted by molar-refractivity contribution is 5.96. The van der Waals surface area contributed by atoms with Gasteiger partial charge in [-0.25, -0.2) is 4.98 Å². The number of aromatic nitrogens is 2. The highest BCUT2D eigenvalue weighted by Crippen LogP contribution is 2.19. The molecule has 17 heavy (non-hydrogen) atoms. The zero-order valence-corrected chi connectivity index (χ0v) is 9.73. The molecule has 2 rings (SSSR count). The lowest BCUT2D eigenvalue weighted by Gasteiger charge is -2.09. The maximum absolute atomic E-state index is 11.6. The zero-order chi connectivity index (χ0) is 12.4. The Bertz CT molecular complexity index is 549. The summed E-state index contributed by atoms with van der Waals surface area (Å²) in [6.07, 6.45) is 2.11. The van der Waals surface area contributed by atoms with E-state index >= 15 is 0 Å². The molecule has 0 bridgehead atoms. The van der Waals surface area contributed by atoms with Gasteiger partial charge in [-0.2, -0.15) is 0 Å². The number of fused-ring (bicyclic) bond motifs is 1. The van der Waals surface area contributed by atoms with Gasteiger partial charge in [0.1, 0.15) is 0 Å². The fraction of sp³-hybridized carbons (Fsp3) is 0.364. The topological polar surface area (TPSA) is 94.0 Å². The van der Waals surface area contributed by atoms with Crippen molar-refractivity contribution in [3.05, 3.63) is 18.0 Å². The van der Waals surface area contributed by atoms with Crippen molar-refractivity contribution in [3.8, 4) is 0 Å². The molecular weight excluding hydrogens is 220 g/mol. The third kappa shape index (κ3) is 2.26. The molecule has 2 heterocycles. The summed E-state index contributed by atoms with van der Waals surface area (Å²) >= 11 is 0. The summed E-state index contributed by atoms with van der Waals surface area (Å²) in [4.78, 5) is 15.7. The number of aryl methyl sites for hydroxylation is 1. The maximum atomic E-state index is 11.6. The molecule has 3 N–H and O–H groups in total. The Kier molecular flexibility index (Phi) is 3.06. The number of hydrogen-bond donors (Lipinski definition) is 2. The van der Waals surface area contributed by atoms with E-state index in [2.05, 4.69) is 15.5 Å². The molecule has 0 aliphatic heterocycles. The van der Waals surface area contributed by atoms with E-state index in [-0.39, 0.29) is 5.91 Å². The lowest BCUT2D eigenvalue weighted by Crippen LogP contribution is -2.34. The van der Waals surface area contributed by atoms with Gasteiger partial charge in [-0.3, -0.25) is 4.79 Å². The van der Waals surface area contributed by atoms with Crippen LogP contribution in [0.15, 0.2) is 16.8 Å². The van der Waals surface area contributed by atoms with Gasteiger partial charge in [-0.15, -0.1) is 0 Å². The van der Waals surface area contributed by atoms with Crippen LogP contribution in [0.2, 0.25) is 0 Å². The molecule has 6 heteroatoms. The summed E-state index contributed by atoms with van der Waals surface area (Å²) in [5.41, 5.74) is 7.42. The fourth-order valence-corrected chi connectivity index (χ4v) is 1.43. The Balaban J connectivity index is 2.24. The smallest absolute Gasteiger partial charge is 0.258 e. The van der Waals surface area contributed by atoms with Crippen molar-refractivity contribution < 1.29 is 9.32 Å². The van der Waals surface area contributed by atoms with Crippen molar-refractivity contribution in [2.45, 2.75) is 26.3 Å². The summed E-state index contributed by atoms with van der Waals surface area (Å²) in [5.74, 6) is -0.220. The van der Waals surface area contributed by atoms with Crippen molar-refractivity contribution in [1.82, 2.24) is 10.1 Å². The van der Waals surface area contributed by atoms with E-state index in [9.17, 15) is 4.79 Å². The molecule has 2 aromatic rings. The van der Waals surface area contributed by atoms with Gasteiger partial charge in [0.05, 0.1) is 29.0 Å². The Hall–Kier alpha value is -1.95. The third-order valence-corrected chi connectivity index (χ3v) is 2.55. The third-order valence-electron chi connectivity index (χ3n) is 2.55. The summed E-state index contributed by atoms with van der Waals surface area (Å²) in [6, 6.07) is 1.27. The van der Waals surface area contributed by atoms with Crippen molar-refractivity contribution in [1.29, 1.82) is 0 Å². The molecule has 0 spiro atoms. The summed E-state index contributed by atoms with van der Waals surface area (Å²) in [7, 11) is 0. The molecular formula is C11H14N4O2. The van der Waals surface area contributed by atoms with E-state index in [1.807, 2.05) is 13.8 Å². The number of carbonyl (C=O) groups excluding carboxylic acids is 1. The van der Waals surface area contributed by atoms with Gasteiger partial charge < -0.3 is 15.6 Å². The van der Waals surface area contributed by atoms with Gasteiger partial charge in [0, 0.05) is 0 Å². The van der Waals surface area contributed by atoms with Crippen LogP contribution in [0.25, 0.3) is 11.1 Å². The second-order valence-corrected chi connectivity index (χ2v) is 3.85. The standard InChI is InChI=1S/C11H14N4O2/c1-3-9(12)10(16)14-7-4-8-6(2)15-17-11(8)13-5-7/h4-5,9H,3,12H2,1-2H3,(H,14,16). The van der Waals surface area contributed by atoms with Gasteiger partial charge >= 0.3 is 0 Å². The number of pyridine rings is 1. The number of nitrogens with one attached hydrogen (secondary N) is 1. The van der Waals surface area contributed by atoms with Crippen LogP contribution in [0.1, 0.15) is 19.0 Å². The van der Waals surface area contributed by atoms with Crippen LogP contribution in [-0.4, -0.2) is 22.1 Å². The monoisotopic (exact) mass is 234 g/mol. The number of amides is 1. The first kappa shape index (κ1) is 11.5. The van der Waals surface area contributed by atoms with Crippen LogP contribution in [0, 0.1) is 6.92 Å². The van der Waals surface area contributed by atoms with E-state index in [1.165, 1.54) is 6.20 Å². The quantitative estimate of drug-likeness (QED) is 0.832. The highest BCUT2D eigenvalue weighted by Gasteiger charge is 2.12. The molecule has 0 aliphatic carbocycles. The Morgan fingerprint density at radius 2 is 2.41 bits per heavy atom. The molecule has 0 aliphatic rings. The number of nitrogens with two attached hydrogens (primary N) is 1. The minimum Gasteiger partial charge on any atom is -0.336 e. The summed E-state index contributed by atoms with van der Waals surface area (Å²) in [5, 5.41) is 7.28. The van der Waals surface area contributed by atoms with Crippen LogP contribution < -0.4 is 11.1 Å². The first-order valence-corrected chi connectivity index (χ1v) is 5.40. The lowest BCUT2D eigenvalue weighted by atomic mass is 10.2. The molecule has 0 saturated heterocycles. The molecule has 1 unspecified atom stereocenters. The van der Waals surface area contributed by atoms with Gasteiger partial charge in [-0.05, 0) is 19.4 Å². The first-order valence-electron chi connectivity index (χ1n) is 5.40. The molecule has 90 valence electrons. The molecule has 0 aromatic carbocycles. The normalized spacial score (nSPS) is 12.6. The van der Waals surface area contributed by atoms with E-state index in [1.54, 1.807) is 6.07 Å². The van der Waals surface area contributed by atoms with Crippen LogP contribution in [-0.2, 0) is 4.79 Å². The number of carbonyl (C=O) groups is 1. The van der Waals surface area contributed by atoms with Gasteiger partial charge in [0.2, 0.25) is 5.91 Å². The highest BCUT2D eigenvalue weighted by atomic mass is 16.5. The minimum absolute atomic E-state index is 0.220. The molecule has 0 radical (unpaired) electrons. The predicted octanol–water partition coefficient (Wildman–Crippen LogP) is 1.21. The molecule has 0 saturated carbocycles. The van der Waals surface area contributed by atoms with E-state index in [4.69, 9.17) is 10.3 Å². The lowest BCUT2D eigenvalue weighted by molar-refractivity contribution is -0.117. The van der Waals surface area contributed by atoms with Gasteiger partial charge in [0.15, 0.2) is 0 Å². The number of anilines is 1. The maximum Gasteiger partial charge on any atom is 0.258 e. The van der Waals surface area contributed by atoms with E-state index in [0.717, 1.165) is 11.1 Å². The fourth-order valence-electron chi connectivity index (χ4n) is 1.43. The van der Waals surface area contributed by atoms with Crippen LogP contribution in [0.4, 0.5) is 5.69 Å². The van der Waals surface area contributed by atoms with Crippen molar-refractivity contribution in [2.24, 2.45) is 5.73 Å². The zero-order valence-electron chi connectivity index (χ0n) is 9.73. The molecule has 1 atom stereocenters. The summed E-state index contributed by atoms with van der Waals surface area (Å²) < 4.78 is 4.98. The molecule has 0 fully saturated rings. The molecule has 1 amide bonds. The van der Waals surface area contributed by atoms with Crippen LogP contribution >= 0.6 is 0 Å². The van der Waals surface area contributed by atoms with Crippen molar-refractivity contribution in [3.63, 3.8) is 0 Å². The van der Waals surface area contributed by atoms with Crippen LogP contribution in [0.3, 0.4) is 0 Å². The molecule has 2 aromatic heterocycles. The van der Waals surface area contributed by atoms with Gasteiger partial charge in [-0.1, -0.05) is 12.1 Å². The number of hydrogen-bond acceptors (Lipinski definition) is 5. The van der Waals surface area contributed by atoms with Gasteiger partial charge in [0.25, 0.3) is 5.71 Å². The summed E-state index contributed by atoms with van der Waals surface area (Å²) in [6.45, 7) is 3.67. The second-order valence-electron chi connectivity index (χ2n) is 3.85. The Labute approximate surface area is 98.2 Å². The van der Waals surface area contributed by atoms with E-state index in [0.29, 0.717) is 17.8 Å². The average molecular weight is 234 g/mol. The van der Waals surface area contributed by atoms with Crippen molar-refractivity contribution in [2.75, 3.05) is 5.32 Å². The van der Waals surface area contributed by atoms with E-state index < -0.39 is 6.04 Å². The SMILES string of the molecule is CCC(N)C(=O)Nc1cnc2onc(C)c2c1. The number of rotatable bonds is 3. The number of nitrogens with zero attached hydrogens (tertiary/aromatic N) is 2. The second kappa shape index (κ2) is 4.50. The largest absolute Gasteiger partial charge is 0.336 e.